The van der Waals surface area contributed by atoms with Crippen LogP contribution in [-0.2, 0) is 4.79 Å². The monoisotopic (exact) mass is 292 g/mol. The zero-order valence-corrected chi connectivity index (χ0v) is 12.3. The van der Waals surface area contributed by atoms with E-state index < -0.39 is 0 Å². The predicted molar refractivity (Wildman–Crippen MR) is 83.1 cm³/mol. The van der Waals surface area contributed by atoms with Crippen molar-refractivity contribution in [1.29, 1.82) is 0 Å². The molecule has 2 aromatic carbocycles. The molecular weight excluding hydrogens is 276 g/mol. The van der Waals surface area contributed by atoms with Crippen LogP contribution in [0.15, 0.2) is 60.7 Å². The SMILES string of the molecule is CC(=O)C[C@H](c1ccccc1)n1nnc(-c2ccccc2)n1. The lowest BCUT2D eigenvalue weighted by Crippen LogP contribution is -2.17. The number of tetrazole rings is 1. The van der Waals surface area contributed by atoms with E-state index in [-0.39, 0.29) is 11.8 Å². The van der Waals surface area contributed by atoms with Crippen LogP contribution in [0.1, 0.15) is 24.9 Å². The van der Waals surface area contributed by atoms with Crippen molar-refractivity contribution in [2.75, 3.05) is 0 Å². The van der Waals surface area contributed by atoms with Gasteiger partial charge in [-0.3, -0.25) is 4.79 Å². The van der Waals surface area contributed by atoms with E-state index in [9.17, 15) is 4.79 Å². The second kappa shape index (κ2) is 6.30. The highest BCUT2D eigenvalue weighted by atomic mass is 16.1. The third-order valence-corrected chi connectivity index (χ3v) is 3.40. The van der Waals surface area contributed by atoms with E-state index in [0.717, 1.165) is 11.1 Å². The number of nitrogens with zero attached hydrogens (tertiary/aromatic N) is 4. The molecule has 0 N–H and O–H groups in total. The van der Waals surface area contributed by atoms with Gasteiger partial charge < -0.3 is 0 Å². The molecule has 110 valence electrons. The van der Waals surface area contributed by atoms with Crippen molar-refractivity contribution in [1.82, 2.24) is 20.2 Å². The van der Waals surface area contributed by atoms with Crippen LogP contribution in [0.3, 0.4) is 0 Å². The van der Waals surface area contributed by atoms with E-state index in [1.54, 1.807) is 6.92 Å². The molecule has 0 spiro atoms. The molecule has 0 aliphatic rings. The summed E-state index contributed by atoms with van der Waals surface area (Å²) in [7, 11) is 0. The molecule has 0 amide bonds. The maximum Gasteiger partial charge on any atom is 0.204 e. The average Bonchev–Trinajstić information content (AvgIpc) is 3.04. The fourth-order valence-electron chi connectivity index (χ4n) is 2.34. The zero-order chi connectivity index (χ0) is 15.4. The summed E-state index contributed by atoms with van der Waals surface area (Å²) >= 11 is 0. The molecule has 0 unspecified atom stereocenters. The Labute approximate surface area is 128 Å². The number of rotatable bonds is 5. The molecule has 1 aromatic heterocycles. The molecule has 1 heterocycles. The van der Waals surface area contributed by atoms with E-state index in [0.29, 0.717) is 12.2 Å². The average molecular weight is 292 g/mol. The topological polar surface area (TPSA) is 60.7 Å². The predicted octanol–water partition coefficient (Wildman–Crippen LogP) is 2.91. The highest BCUT2D eigenvalue weighted by Crippen LogP contribution is 2.22. The van der Waals surface area contributed by atoms with Crippen LogP contribution in [0.5, 0.6) is 0 Å². The van der Waals surface area contributed by atoms with Crippen molar-refractivity contribution < 1.29 is 4.79 Å². The number of hydrogen-bond acceptors (Lipinski definition) is 4. The first-order valence-electron chi connectivity index (χ1n) is 7.13. The highest BCUT2D eigenvalue weighted by molar-refractivity contribution is 5.76. The van der Waals surface area contributed by atoms with Crippen molar-refractivity contribution >= 4 is 5.78 Å². The molecule has 0 saturated heterocycles. The number of Topliss-reactive ketones (excluding diaryl/α,β-unsaturated/α-hetero) is 1. The fourth-order valence-corrected chi connectivity index (χ4v) is 2.34. The third-order valence-electron chi connectivity index (χ3n) is 3.40. The summed E-state index contributed by atoms with van der Waals surface area (Å²) in [4.78, 5) is 13.1. The standard InChI is InChI=1S/C17H16N4O/c1-13(22)12-16(14-8-4-2-5-9-14)21-19-17(18-20-21)15-10-6-3-7-11-15/h2-11,16H,12H2,1H3/t16-/m1/s1. The quantitative estimate of drug-likeness (QED) is 0.725. The molecule has 5 nitrogen and oxygen atoms in total. The van der Waals surface area contributed by atoms with E-state index in [1.165, 1.54) is 4.80 Å². The summed E-state index contributed by atoms with van der Waals surface area (Å²) in [6.07, 6.45) is 0.342. The Balaban J connectivity index is 1.95. The van der Waals surface area contributed by atoms with Gasteiger partial charge in [-0.25, -0.2) is 0 Å². The number of ketones is 1. The largest absolute Gasteiger partial charge is 0.300 e. The first-order valence-corrected chi connectivity index (χ1v) is 7.13. The minimum atomic E-state index is -0.233. The number of hydrogen-bond donors (Lipinski definition) is 0. The molecule has 0 radical (unpaired) electrons. The van der Waals surface area contributed by atoms with Crippen LogP contribution < -0.4 is 0 Å². The molecule has 0 bridgehead atoms. The Hall–Kier alpha value is -2.82. The van der Waals surface area contributed by atoms with Crippen LogP contribution >= 0.6 is 0 Å². The number of aromatic nitrogens is 4. The summed E-state index contributed by atoms with van der Waals surface area (Å²) in [5.74, 6) is 0.650. The van der Waals surface area contributed by atoms with Gasteiger partial charge in [0.15, 0.2) is 0 Å². The van der Waals surface area contributed by atoms with Gasteiger partial charge in [0.1, 0.15) is 11.8 Å². The van der Waals surface area contributed by atoms with Gasteiger partial charge in [0.2, 0.25) is 5.82 Å². The summed E-state index contributed by atoms with van der Waals surface area (Å²) in [6.45, 7) is 1.57. The second-order valence-electron chi connectivity index (χ2n) is 5.13. The molecule has 3 aromatic rings. The Bertz CT molecular complexity index is 753. The van der Waals surface area contributed by atoms with Crippen molar-refractivity contribution in [3.8, 4) is 11.4 Å². The summed E-state index contributed by atoms with van der Waals surface area (Å²) in [5.41, 5.74) is 1.90. The summed E-state index contributed by atoms with van der Waals surface area (Å²) < 4.78 is 0. The smallest absolute Gasteiger partial charge is 0.204 e. The number of carbonyl (C=O) groups excluding carboxylic acids is 1. The maximum atomic E-state index is 11.6. The first kappa shape index (κ1) is 14.1. The normalized spacial score (nSPS) is 12.0. The summed E-state index contributed by atoms with van der Waals surface area (Å²) in [6, 6.07) is 19.2. The molecule has 0 fully saturated rings. The van der Waals surface area contributed by atoms with Crippen molar-refractivity contribution in [2.24, 2.45) is 0 Å². The van der Waals surface area contributed by atoms with Gasteiger partial charge in [0, 0.05) is 12.0 Å². The molecule has 0 saturated carbocycles. The maximum absolute atomic E-state index is 11.6. The number of benzene rings is 2. The molecule has 5 heteroatoms. The summed E-state index contributed by atoms with van der Waals surface area (Å²) in [5, 5.41) is 12.7. The zero-order valence-electron chi connectivity index (χ0n) is 12.3. The van der Waals surface area contributed by atoms with Crippen molar-refractivity contribution in [3.63, 3.8) is 0 Å². The van der Waals surface area contributed by atoms with Gasteiger partial charge in [-0.2, -0.15) is 4.80 Å². The lowest BCUT2D eigenvalue weighted by Gasteiger charge is -2.14. The van der Waals surface area contributed by atoms with E-state index in [1.807, 2.05) is 60.7 Å². The lowest BCUT2D eigenvalue weighted by molar-refractivity contribution is -0.117. The molecular formula is C17H16N4O. The Morgan fingerprint density at radius 1 is 1.05 bits per heavy atom. The van der Waals surface area contributed by atoms with Crippen LogP contribution in [-0.4, -0.2) is 26.0 Å². The van der Waals surface area contributed by atoms with E-state index in [2.05, 4.69) is 15.4 Å². The van der Waals surface area contributed by atoms with Gasteiger partial charge >= 0.3 is 0 Å². The van der Waals surface area contributed by atoms with Gasteiger partial charge in [-0.05, 0) is 17.7 Å². The van der Waals surface area contributed by atoms with Crippen molar-refractivity contribution in [3.05, 3.63) is 66.2 Å². The van der Waals surface area contributed by atoms with Crippen LogP contribution in [0.4, 0.5) is 0 Å². The first-order chi connectivity index (χ1) is 10.7. The van der Waals surface area contributed by atoms with Crippen molar-refractivity contribution in [2.45, 2.75) is 19.4 Å². The van der Waals surface area contributed by atoms with Gasteiger partial charge in [0.05, 0.1) is 0 Å². The third kappa shape index (κ3) is 3.09. The fraction of sp³-hybridized carbons (Fsp3) is 0.176. The second-order valence-corrected chi connectivity index (χ2v) is 5.13. The minimum absolute atomic E-state index is 0.0902. The Kier molecular flexibility index (Phi) is 4.05. The number of carbonyl (C=O) groups is 1. The highest BCUT2D eigenvalue weighted by Gasteiger charge is 2.19. The Morgan fingerprint density at radius 2 is 1.68 bits per heavy atom. The van der Waals surface area contributed by atoms with Gasteiger partial charge in [-0.1, -0.05) is 60.7 Å². The Morgan fingerprint density at radius 3 is 2.32 bits per heavy atom. The van der Waals surface area contributed by atoms with Gasteiger partial charge in [0.25, 0.3) is 0 Å². The molecule has 1 atom stereocenters. The molecule has 22 heavy (non-hydrogen) atoms. The van der Waals surface area contributed by atoms with E-state index in [4.69, 9.17) is 0 Å². The van der Waals surface area contributed by atoms with Crippen LogP contribution in [0.2, 0.25) is 0 Å². The van der Waals surface area contributed by atoms with Crippen LogP contribution in [0, 0.1) is 0 Å². The minimum Gasteiger partial charge on any atom is -0.300 e. The molecule has 3 rings (SSSR count). The molecule has 0 aliphatic heterocycles. The lowest BCUT2D eigenvalue weighted by atomic mass is 10.0. The molecule has 0 aliphatic carbocycles. The van der Waals surface area contributed by atoms with Crippen LogP contribution in [0.25, 0.3) is 11.4 Å². The van der Waals surface area contributed by atoms with E-state index >= 15 is 0 Å². The van der Waals surface area contributed by atoms with Gasteiger partial charge in [-0.15, -0.1) is 10.2 Å².